The number of allylic oxidation sites excluding steroid dienone is 4. The van der Waals surface area contributed by atoms with E-state index in [2.05, 4.69) is 29.6 Å². The first kappa shape index (κ1) is 61.4. The summed E-state index contributed by atoms with van der Waals surface area (Å²) in [5, 5.41) is 23.7. The molecular formula is C58H79F2NO12S3. The van der Waals surface area contributed by atoms with E-state index in [4.69, 9.17) is 23.7 Å². The maximum Gasteiger partial charge on any atom is 0.513 e. The number of halogens is 2. The van der Waals surface area contributed by atoms with Gasteiger partial charge in [-0.2, -0.15) is 0 Å². The average molecular weight is 1120 g/mol. The van der Waals surface area contributed by atoms with Gasteiger partial charge < -0.3 is 39.2 Å². The van der Waals surface area contributed by atoms with Crippen molar-refractivity contribution in [1.29, 1.82) is 0 Å². The molecule has 0 aromatic heterocycles. The Morgan fingerprint density at radius 3 is 2.26 bits per heavy atom. The zero-order valence-electron chi connectivity index (χ0n) is 44.8. The lowest BCUT2D eigenvalue weighted by Gasteiger charge is -2.66. The Hall–Kier alpha value is -3.78. The van der Waals surface area contributed by atoms with Crippen LogP contribution in [0.25, 0.3) is 0 Å². The second-order valence-corrected chi connectivity index (χ2v) is 24.9. The Kier molecular flexibility index (Phi) is 23.4. The van der Waals surface area contributed by atoms with Gasteiger partial charge in [0.1, 0.15) is 43.0 Å². The third-order valence-electron chi connectivity index (χ3n) is 17.1. The number of aliphatic hydroxyl groups is 2. The van der Waals surface area contributed by atoms with Crippen molar-refractivity contribution in [2.45, 2.75) is 137 Å². The first-order valence-corrected chi connectivity index (χ1v) is 30.5. The standard InChI is InChI=1S/C58H79F2NO12S3/c1-6-43(63)34-58(52(66)74-38-59)39(2)30-45-46-33-48(60)47-32-44(64)21-22-55(47,3)57(46,5)51(35-56(45,58)4)73-54(68)71-27-29-76-75-28-26-70-53(67)72-50-20-19-41(31-42(50)37-62)49(65)36-61-23-13-9-15-25-69-24-14-8-12-18-40-16-10-7-11-17-40/h7,10-11,16-17,19-22,31-32,39,45-46,48-49,51,61-62,65H,6,8-9,12-15,18,23-30,33-38H2,1-5H3/t39-,45+,46+,48+,49?,51+,55+,56+,57-,58-/m1/s1. The Bertz CT molecular complexity index is 2340. The molecule has 0 heterocycles. The van der Waals surface area contributed by atoms with E-state index < -0.39 is 76.0 Å². The van der Waals surface area contributed by atoms with Gasteiger partial charge in [0.15, 0.2) is 10.9 Å². The molecule has 0 bridgehead atoms. The molecule has 3 saturated carbocycles. The summed E-state index contributed by atoms with van der Waals surface area (Å²) in [6.07, 6.45) is 7.50. The normalized spacial score (nSPS) is 27.9. The fourth-order valence-corrected chi connectivity index (χ4v) is 15.4. The number of aliphatic hydroxyl groups excluding tert-OH is 2. The van der Waals surface area contributed by atoms with Crippen LogP contribution in [0.2, 0.25) is 0 Å². The summed E-state index contributed by atoms with van der Waals surface area (Å²) in [4.78, 5) is 66.5. The van der Waals surface area contributed by atoms with Crippen LogP contribution in [0.1, 0.15) is 128 Å². The lowest BCUT2D eigenvalue weighted by Crippen LogP contribution is -2.66. The number of ether oxygens (including phenoxy) is 5. The van der Waals surface area contributed by atoms with E-state index in [0.717, 1.165) is 58.3 Å². The minimum Gasteiger partial charge on any atom is -0.433 e. The molecule has 10 atom stereocenters. The summed E-state index contributed by atoms with van der Waals surface area (Å²) in [5.74, 6) is -0.716. The van der Waals surface area contributed by atoms with Crippen molar-refractivity contribution in [3.05, 3.63) is 89.0 Å². The van der Waals surface area contributed by atoms with E-state index >= 15 is 4.39 Å². The van der Waals surface area contributed by atoms with Gasteiger partial charge in [0.05, 0.1) is 18.1 Å². The number of unbranched alkanes of at least 4 members (excludes halogenated alkanes) is 4. The van der Waals surface area contributed by atoms with Gasteiger partial charge in [-0.15, -0.1) is 0 Å². The predicted molar refractivity (Wildman–Crippen MR) is 294 cm³/mol. The number of Topliss-reactive ketones (excluding diaryl/α,β-unsaturated/α-hetero) is 1. The number of fused-ring (bicyclic) bond motifs is 5. The van der Waals surface area contributed by atoms with E-state index in [0.29, 0.717) is 52.9 Å². The summed E-state index contributed by atoms with van der Waals surface area (Å²) < 4.78 is 58.8. The number of benzene rings is 2. The van der Waals surface area contributed by atoms with Crippen LogP contribution in [-0.4, -0.2) is 109 Å². The quantitative estimate of drug-likeness (QED) is 0.0290. The van der Waals surface area contributed by atoms with E-state index in [-0.39, 0.29) is 68.0 Å². The number of thioether (sulfide) groups is 1. The molecule has 4 aliphatic carbocycles. The summed E-state index contributed by atoms with van der Waals surface area (Å²) in [7, 11) is 2.75. The maximum atomic E-state index is 16.5. The number of aryl methyl sites for hydroxylation is 1. The molecular weight excluding hydrogens is 1040 g/mol. The summed E-state index contributed by atoms with van der Waals surface area (Å²) >= 11 is 0.553. The molecule has 0 saturated heterocycles. The molecule has 3 N–H and O–H groups in total. The van der Waals surface area contributed by atoms with Crippen molar-refractivity contribution < 1.29 is 66.7 Å². The number of hydrogen-bond acceptors (Lipinski definition) is 16. The summed E-state index contributed by atoms with van der Waals surface area (Å²) in [5.41, 5.74) is -1.70. The van der Waals surface area contributed by atoms with E-state index in [1.807, 2.05) is 33.8 Å². The highest BCUT2D eigenvalue weighted by Gasteiger charge is 2.75. The molecule has 0 radical (unpaired) electrons. The van der Waals surface area contributed by atoms with Gasteiger partial charge in [-0.1, -0.05) is 117 Å². The lowest BCUT2D eigenvalue weighted by molar-refractivity contribution is -0.201. The van der Waals surface area contributed by atoms with Gasteiger partial charge in [0.25, 0.3) is 0 Å². The van der Waals surface area contributed by atoms with Crippen LogP contribution in [0.3, 0.4) is 0 Å². The third-order valence-corrected chi connectivity index (χ3v) is 20.2. The lowest BCUT2D eigenvalue weighted by atomic mass is 9.38. The topological polar surface area (TPSA) is 184 Å². The fraction of sp³-hybridized carbons (Fsp3) is 0.638. The number of alkyl halides is 2. The Morgan fingerprint density at radius 2 is 1.58 bits per heavy atom. The number of carbonyl (C=O) groups excluding carboxylic acids is 5. The van der Waals surface area contributed by atoms with Gasteiger partial charge in [0, 0.05) is 60.5 Å². The van der Waals surface area contributed by atoms with Crippen LogP contribution < -0.4 is 10.1 Å². The van der Waals surface area contributed by atoms with Gasteiger partial charge in [-0.3, -0.25) is 14.4 Å². The third kappa shape index (κ3) is 14.3. The van der Waals surface area contributed by atoms with E-state index in [1.54, 1.807) is 25.1 Å². The van der Waals surface area contributed by atoms with Gasteiger partial charge in [0.2, 0.25) is 0 Å². The Morgan fingerprint density at radius 1 is 0.882 bits per heavy atom. The van der Waals surface area contributed by atoms with Crippen LogP contribution in [0.15, 0.2) is 72.3 Å². The molecule has 4 aliphatic rings. The second kappa shape index (κ2) is 28.9. The SMILES string of the molecule is CCC(=O)C[C@]1(C(=O)SCF)[C@H](C)C[C@H]2[C@@H]3C[C@H](F)C4=CC(=O)C=C[C@]4(C)[C@@]3(C)[C@@H](OC(=O)OCCSSCCOC(=O)Oc3ccc(C(O)CNCCCCCOCCCCCc4ccccc4)cc3CO)C[C@@]21C. The minimum atomic E-state index is -1.48. The molecule has 0 aliphatic heterocycles. The Balaban J connectivity index is 0.905. The van der Waals surface area contributed by atoms with Crippen molar-refractivity contribution in [3.8, 4) is 5.75 Å². The summed E-state index contributed by atoms with van der Waals surface area (Å²) in [6, 6.07) is 14.3. The number of rotatable bonds is 30. The highest BCUT2D eigenvalue weighted by Crippen LogP contribution is 2.76. The molecule has 2 aromatic carbocycles. The van der Waals surface area contributed by atoms with Crippen LogP contribution >= 0.6 is 33.3 Å². The number of hydrogen-bond donors (Lipinski definition) is 3. The molecule has 3 fully saturated rings. The van der Waals surface area contributed by atoms with Gasteiger partial charge in [-0.25, -0.2) is 18.4 Å². The first-order valence-electron chi connectivity index (χ1n) is 27.0. The van der Waals surface area contributed by atoms with E-state index in [9.17, 15) is 38.6 Å². The average Bonchev–Trinajstić information content (AvgIpc) is 3.74. The smallest absolute Gasteiger partial charge is 0.433 e. The molecule has 18 heteroatoms. The monoisotopic (exact) mass is 1120 g/mol. The molecule has 13 nitrogen and oxygen atoms in total. The van der Waals surface area contributed by atoms with Crippen molar-refractivity contribution in [2.75, 3.05) is 57.0 Å². The molecule has 1 unspecified atom stereocenters. The zero-order chi connectivity index (χ0) is 54.9. The van der Waals surface area contributed by atoms with Crippen LogP contribution in [0, 0.1) is 39.4 Å². The largest absolute Gasteiger partial charge is 0.513 e. The van der Waals surface area contributed by atoms with Crippen molar-refractivity contribution in [2.24, 2.45) is 39.4 Å². The molecule has 76 heavy (non-hydrogen) atoms. The molecule has 0 spiro atoms. The first-order chi connectivity index (χ1) is 36.5. The molecule has 0 amide bonds. The number of ketones is 2. The number of nitrogens with one attached hydrogen (secondary N) is 1. The predicted octanol–water partition coefficient (Wildman–Crippen LogP) is 11.9. The Labute approximate surface area is 459 Å². The minimum absolute atomic E-state index is 0.00535. The molecule has 2 aromatic rings. The molecule has 420 valence electrons. The second-order valence-electron chi connectivity index (χ2n) is 21.3. The summed E-state index contributed by atoms with van der Waals surface area (Å²) in [6.45, 7) is 11.5. The van der Waals surface area contributed by atoms with Crippen molar-refractivity contribution in [1.82, 2.24) is 5.32 Å². The van der Waals surface area contributed by atoms with Crippen molar-refractivity contribution in [3.63, 3.8) is 0 Å². The van der Waals surface area contributed by atoms with Gasteiger partial charge in [-0.05, 0) is 128 Å². The fourth-order valence-electron chi connectivity index (χ4n) is 12.9. The zero-order valence-corrected chi connectivity index (χ0v) is 47.3. The highest BCUT2D eigenvalue weighted by molar-refractivity contribution is 8.76. The number of carbonyl (C=O) groups is 5. The van der Waals surface area contributed by atoms with Gasteiger partial charge >= 0.3 is 12.3 Å². The van der Waals surface area contributed by atoms with Crippen molar-refractivity contribution >= 4 is 62.3 Å². The highest BCUT2D eigenvalue weighted by atomic mass is 33.1. The maximum absolute atomic E-state index is 16.5. The van der Waals surface area contributed by atoms with Crippen LogP contribution in [-0.2, 0) is 46.4 Å². The van der Waals surface area contributed by atoms with E-state index in [1.165, 1.54) is 51.8 Å². The van der Waals surface area contributed by atoms with Crippen LogP contribution in [0.5, 0.6) is 5.75 Å². The van der Waals surface area contributed by atoms with Crippen LogP contribution in [0.4, 0.5) is 18.4 Å². The molecule has 6 rings (SSSR count).